The molecule has 1 rings (SSSR count). The summed E-state index contributed by atoms with van der Waals surface area (Å²) >= 11 is 0. The Balaban J connectivity index is 1.94. The van der Waals surface area contributed by atoms with Crippen LogP contribution in [0.5, 0.6) is 0 Å². The minimum Gasteiger partial charge on any atom is -0.466 e. The number of hydrogen-bond acceptors (Lipinski definition) is 10. The molecule has 1 heterocycles. The van der Waals surface area contributed by atoms with E-state index in [0.29, 0.717) is 19.4 Å². The highest BCUT2D eigenvalue weighted by Gasteiger charge is 2.44. The molecule has 0 aromatic carbocycles. The maximum atomic E-state index is 13.0. The van der Waals surface area contributed by atoms with E-state index < -0.39 is 49.5 Å². The lowest BCUT2D eigenvalue weighted by molar-refractivity contribution is -0.302. The lowest BCUT2D eigenvalue weighted by atomic mass is 9.99. The predicted octanol–water partition coefficient (Wildman–Crippen LogP) is 16.1. The Morgan fingerprint density at radius 1 is 0.468 bits per heavy atom. The van der Waals surface area contributed by atoms with Crippen LogP contribution in [-0.2, 0) is 23.8 Å². The molecule has 1 saturated heterocycles. The summed E-state index contributed by atoms with van der Waals surface area (Å²) in [6, 6.07) is -0.807. The fourth-order valence-corrected chi connectivity index (χ4v) is 10.5. The molecular weight excluding hydrogens is 967 g/mol. The molecule has 77 heavy (non-hydrogen) atoms. The van der Waals surface area contributed by atoms with Gasteiger partial charge in [-0.2, -0.15) is 0 Å². The average molecular weight is 1090 g/mol. The quantitative estimate of drug-likeness (QED) is 0.0195. The molecule has 7 unspecified atom stereocenters. The average Bonchev–Trinajstić information content (AvgIpc) is 3.43. The Hall–Kier alpha value is -1.86. The highest BCUT2D eigenvalue weighted by molar-refractivity contribution is 5.76. The molecule has 0 spiro atoms. The van der Waals surface area contributed by atoms with Crippen molar-refractivity contribution in [1.82, 2.24) is 5.32 Å². The molecule has 1 amide bonds. The zero-order valence-electron chi connectivity index (χ0n) is 50.2. The molecule has 454 valence electrons. The number of amides is 1. The van der Waals surface area contributed by atoms with Crippen molar-refractivity contribution in [3.63, 3.8) is 0 Å². The fraction of sp³-hybridized carbons (Fsp3) is 0.909. The van der Waals surface area contributed by atoms with Gasteiger partial charge in [0.1, 0.15) is 24.4 Å². The first kappa shape index (κ1) is 73.2. The van der Waals surface area contributed by atoms with Crippen LogP contribution in [0.1, 0.15) is 322 Å². The molecule has 0 radical (unpaired) electrons. The van der Waals surface area contributed by atoms with Gasteiger partial charge in [-0.05, 0) is 57.8 Å². The van der Waals surface area contributed by atoms with Crippen molar-refractivity contribution in [3.8, 4) is 0 Å². The van der Waals surface area contributed by atoms with Crippen molar-refractivity contribution in [2.75, 3.05) is 19.8 Å². The summed E-state index contributed by atoms with van der Waals surface area (Å²) in [4.78, 5) is 25.1. The first-order chi connectivity index (χ1) is 37.7. The van der Waals surface area contributed by atoms with Gasteiger partial charge in [0.2, 0.25) is 5.91 Å². The number of esters is 1. The van der Waals surface area contributed by atoms with Crippen LogP contribution >= 0.6 is 0 Å². The number of unbranched alkanes of at least 4 members (excludes halogenated alkanes) is 42. The highest BCUT2D eigenvalue weighted by Crippen LogP contribution is 2.23. The Labute approximate surface area is 473 Å². The Morgan fingerprint density at radius 3 is 1.25 bits per heavy atom. The maximum Gasteiger partial charge on any atom is 0.305 e. The summed E-state index contributed by atoms with van der Waals surface area (Å²) in [5.74, 6) is -0.184. The van der Waals surface area contributed by atoms with Gasteiger partial charge in [0.05, 0.1) is 32.0 Å². The fourth-order valence-electron chi connectivity index (χ4n) is 10.5. The second kappa shape index (κ2) is 56.0. The molecule has 0 aromatic rings. The van der Waals surface area contributed by atoms with Crippen molar-refractivity contribution in [2.24, 2.45) is 0 Å². The van der Waals surface area contributed by atoms with Crippen LogP contribution in [0, 0.1) is 0 Å². The first-order valence-corrected chi connectivity index (χ1v) is 33.1. The molecular formula is C66H125NO10. The summed E-state index contributed by atoms with van der Waals surface area (Å²) in [5.41, 5.74) is 0. The highest BCUT2D eigenvalue weighted by atomic mass is 16.7. The second-order valence-corrected chi connectivity index (χ2v) is 23.2. The third-order valence-electron chi connectivity index (χ3n) is 15.8. The monoisotopic (exact) mass is 1090 g/mol. The number of carbonyl (C=O) groups excluding carboxylic acids is 2. The van der Waals surface area contributed by atoms with E-state index in [2.05, 4.69) is 31.3 Å². The Kier molecular flexibility index (Phi) is 53.2. The smallest absolute Gasteiger partial charge is 0.305 e. The zero-order valence-corrected chi connectivity index (χ0v) is 50.2. The van der Waals surface area contributed by atoms with Gasteiger partial charge in [0, 0.05) is 12.8 Å². The van der Waals surface area contributed by atoms with Crippen LogP contribution in [0.4, 0.5) is 0 Å². The van der Waals surface area contributed by atoms with E-state index in [9.17, 15) is 35.1 Å². The number of rotatable bonds is 58. The van der Waals surface area contributed by atoms with Crippen LogP contribution in [-0.4, -0.2) is 100 Å². The van der Waals surface area contributed by atoms with Crippen molar-refractivity contribution >= 4 is 11.9 Å². The molecule has 0 aliphatic carbocycles. The van der Waals surface area contributed by atoms with E-state index in [0.717, 1.165) is 57.8 Å². The summed E-state index contributed by atoms with van der Waals surface area (Å²) in [6.45, 7) is 4.33. The summed E-state index contributed by atoms with van der Waals surface area (Å²) < 4.78 is 16.7. The van der Waals surface area contributed by atoms with Gasteiger partial charge in [-0.25, -0.2) is 0 Å². The summed E-state index contributed by atoms with van der Waals surface area (Å²) in [6.07, 6.45) is 58.8. The maximum absolute atomic E-state index is 13.0. The number of nitrogens with one attached hydrogen (secondary N) is 1. The van der Waals surface area contributed by atoms with Crippen LogP contribution in [0.15, 0.2) is 24.3 Å². The van der Waals surface area contributed by atoms with Crippen molar-refractivity contribution < 1.29 is 49.3 Å². The topological polar surface area (TPSA) is 175 Å². The molecule has 11 nitrogen and oxygen atoms in total. The van der Waals surface area contributed by atoms with Crippen LogP contribution in [0.3, 0.4) is 0 Å². The second-order valence-electron chi connectivity index (χ2n) is 23.2. The van der Waals surface area contributed by atoms with Crippen molar-refractivity contribution in [1.29, 1.82) is 0 Å². The molecule has 11 heteroatoms. The van der Waals surface area contributed by atoms with Gasteiger partial charge in [-0.3, -0.25) is 9.59 Å². The zero-order chi connectivity index (χ0) is 55.9. The molecule has 1 aliphatic heterocycles. The van der Waals surface area contributed by atoms with Gasteiger partial charge in [-0.1, -0.05) is 276 Å². The summed E-state index contributed by atoms with van der Waals surface area (Å²) in [5, 5.41) is 54.3. The molecule has 7 atom stereocenters. The molecule has 1 aliphatic rings. The lowest BCUT2D eigenvalue weighted by Gasteiger charge is -2.40. The van der Waals surface area contributed by atoms with Gasteiger partial charge in [0.25, 0.3) is 0 Å². The summed E-state index contributed by atoms with van der Waals surface area (Å²) in [7, 11) is 0. The third kappa shape index (κ3) is 45.4. The van der Waals surface area contributed by atoms with Crippen LogP contribution < -0.4 is 5.32 Å². The predicted molar refractivity (Wildman–Crippen MR) is 320 cm³/mol. The number of ether oxygens (including phenoxy) is 3. The van der Waals surface area contributed by atoms with Gasteiger partial charge in [-0.15, -0.1) is 0 Å². The molecule has 0 bridgehead atoms. The van der Waals surface area contributed by atoms with E-state index in [1.807, 2.05) is 6.08 Å². The van der Waals surface area contributed by atoms with Gasteiger partial charge < -0.3 is 45.1 Å². The number of allylic oxidation sites excluding steroid dienone is 3. The normalized spacial score (nSPS) is 18.7. The lowest BCUT2D eigenvalue weighted by Crippen LogP contribution is -2.60. The van der Waals surface area contributed by atoms with E-state index in [-0.39, 0.29) is 18.5 Å². The molecule has 0 aromatic heterocycles. The molecule has 0 saturated carbocycles. The van der Waals surface area contributed by atoms with E-state index >= 15 is 0 Å². The standard InChI is InChI=1S/C66H125NO10/c1-3-5-7-9-11-13-14-15-16-28-31-34-38-42-46-50-54-62(71)75-55-51-47-43-39-35-32-29-26-24-22-20-18-17-19-21-23-25-27-30-33-37-41-45-49-53-61(70)67-58(59(69)52-48-44-40-36-12-10-8-6-4-2)57-76-66-65(74)64(73)63(72)60(56-68)77-66/h16,28,48,52,58-60,63-66,68-69,72-74H,3-15,17-27,29-47,49-51,53-57H2,1-2H3,(H,67,70)/b28-16-,52-48+. The number of hydrogen-bond donors (Lipinski definition) is 6. The number of aliphatic hydroxyl groups is 5. The third-order valence-corrected chi connectivity index (χ3v) is 15.8. The first-order valence-electron chi connectivity index (χ1n) is 33.1. The molecule has 6 N–H and O–H groups in total. The number of aliphatic hydroxyl groups excluding tert-OH is 5. The van der Waals surface area contributed by atoms with Crippen molar-refractivity contribution in [2.45, 2.75) is 365 Å². The number of carbonyl (C=O) groups is 2. The minimum absolute atomic E-state index is 0.00275. The van der Waals surface area contributed by atoms with E-state index in [1.54, 1.807) is 6.08 Å². The Morgan fingerprint density at radius 2 is 0.831 bits per heavy atom. The van der Waals surface area contributed by atoms with Crippen LogP contribution in [0.25, 0.3) is 0 Å². The largest absolute Gasteiger partial charge is 0.466 e. The van der Waals surface area contributed by atoms with E-state index in [4.69, 9.17) is 14.2 Å². The Bertz CT molecular complexity index is 1330. The van der Waals surface area contributed by atoms with Crippen LogP contribution in [0.2, 0.25) is 0 Å². The SMILES string of the molecule is CCCCCCCCC/C=C\CCCCCCCC(=O)OCCCCCCCCCCCCCCCCCCCCCCCCCCC(=O)NC(COC1OC(CO)C(O)C(O)C1O)C(O)/C=C/CCCCCCCCC. The minimum atomic E-state index is -1.57. The van der Waals surface area contributed by atoms with E-state index in [1.165, 1.54) is 238 Å². The van der Waals surface area contributed by atoms with Crippen molar-refractivity contribution in [3.05, 3.63) is 24.3 Å². The van der Waals surface area contributed by atoms with Gasteiger partial charge in [0.15, 0.2) is 6.29 Å². The van der Waals surface area contributed by atoms with Gasteiger partial charge >= 0.3 is 5.97 Å². The molecule has 1 fully saturated rings.